The Morgan fingerprint density at radius 1 is 0.295 bits per heavy atom. The molecule has 456 valence electrons. The summed E-state index contributed by atoms with van der Waals surface area (Å²) in [5.74, 6) is 0. The van der Waals surface area contributed by atoms with Crippen molar-refractivity contribution in [3.63, 3.8) is 0 Å². The lowest BCUT2D eigenvalue weighted by Crippen LogP contribution is -2.28. The maximum atomic E-state index is 5.74. The summed E-state index contributed by atoms with van der Waals surface area (Å²) in [6.45, 7) is 33.5. The van der Waals surface area contributed by atoms with Crippen molar-refractivity contribution in [2.45, 2.75) is 135 Å². The predicted octanol–water partition coefficient (Wildman–Crippen LogP) is 21.7. The van der Waals surface area contributed by atoms with Crippen LogP contribution in [0.2, 0.25) is 0 Å². The first-order valence-corrected chi connectivity index (χ1v) is 34.4. The van der Waals surface area contributed by atoms with Crippen LogP contribution in [0, 0.1) is 0 Å². The Bertz CT molecular complexity index is 6020. The molecule has 6 heteroatoms. The molecule has 6 aliphatic carbocycles. The standard InChI is InChI=1S/C89H70N6/c1-83(2,3)43-31-33-45-46-34-32-44(84(4,5)6)36-60(46)89(59(45)35-43)75-51(37-53-65-61(39-90-79-67(65)47-23-15-19-27-55(47)85(79,7)8)94-63-41-92-81-69(71(63)73(75)77(53)94)49-25-17-21-29-57(49)87(81,11)12)52-38-54-66-62(40-91-80-68(66)48-24-16-20-28-56(48)86(80,9)10)95-64-42-93-82-70(72(64)74(76(52)89)78(54)95)50-26-18-22-30-58(50)88(82,13)14/h15-42H,1-14H3. The van der Waals surface area contributed by atoms with Crippen molar-refractivity contribution in [3.05, 3.63) is 249 Å². The molecule has 1 spiro atoms. The lowest BCUT2D eigenvalue weighted by Gasteiger charge is -2.34. The molecule has 6 aliphatic rings. The van der Waals surface area contributed by atoms with E-state index in [4.69, 9.17) is 19.9 Å². The molecule has 0 saturated carbocycles. The molecule has 0 unspecified atom stereocenters. The van der Waals surface area contributed by atoms with Crippen molar-refractivity contribution in [2.24, 2.45) is 0 Å². The molecule has 6 nitrogen and oxygen atoms in total. The first kappa shape index (κ1) is 53.3. The van der Waals surface area contributed by atoms with E-state index < -0.39 is 5.41 Å². The normalized spacial score (nSPS) is 17.2. The van der Waals surface area contributed by atoms with E-state index in [1.807, 2.05) is 0 Å². The van der Waals surface area contributed by atoms with Gasteiger partial charge in [-0.3, -0.25) is 19.9 Å². The second-order valence-electron chi connectivity index (χ2n) is 33.2. The topological polar surface area (TPSA) is 60.4 Å². The number of fused-ring (bicyclic) bond motifs is 40. The summed E-state index contributed by atoms with van der Waals surface area (Å²) in [6.07, 6.45) is 8.96. The summed E-state index contributed by atoms with van der Waals surface area (Å²) in [6, 6.07) is 57.4. The van der Waals surface area contributed by atoms with Gasteiger partial charge in [0, 0.05) is 87.0 Å². The number of nitrogens with zero attached hydrogens (tertiary/aromatic N) is 6. The van der Waals surface area contributed by atoms with Crippen LogP contribution in [0.5, 0.6) is 0 Å². The molecule has 0 saturated heterocycles. The maximum absolute atomic E-state index is 5.74. The second-order valence-corrected chi connectivity index (χ2v) is 33.2. The first-order valence-electron chi connectivity index (χ1n) is 34.4. The van der Waals surface area contributed by atoms with Crippen molar-refractivity contribution < 1.29 is 0 Å². The quantitative estimate of drug-likeness (QED) is 0.152. The highest BCUT2D eigenvalue weighted by Crippen LogP contribution is 2.71. The van der Waals surface area contributed by atoms with E-state index in [9.17, 15) is 0 Å². The number of pyridine rings is 4. The molecular weight excluding hydrogens is 1150 g/mol. The Morgan fingerprint density at radius 2 is 0.589 bits per heavy atom. The lowest BCUT2D eigenvalue weighted by molar-refractivity contribution is 0.587. The molecule has 0 amide bonds. The average Bonchev–Trinajstić information content (AvgIpc) is 1.46. The van der Waals surface area contributed by atoms with Gasteiger partial charge < -0.3 is 8.80 Å². The smallest absolute Gasteiger partial charge is 0.0739 e. The molecule has 0 bridgehead atoms. The molecule has 0 radical (unpaired) electrons. The minimum absolute atomic E-state index is 0.177. The van der Waals surface area contributed by atoms with Gasteiger partial charge in [0.25, 0.3) is 0 Å². The van der Waals surface area contributed by atoms with Gasteiger partial charge >= 0.3 is 0 Å². The van der Waals surface area contributed by atoms with Crippen LogP contribution in [0.1, 0.15) is 175 Å². The van der Waals surface area contributed by atoms with Crippen molar-refractivity contribution in [2.75, 3.05) is 0 Å². The number of aromatic nitrogens is 6. The number of benzene rings is 8. The first-order chi connectivity index (χ1) is 45.5. The number of hydrogen-bond acceptors (Lipinski definition) is 4. The van der Waals surface area contributed by atoms with Crippen molar-refractivity contribution >= 4 is 76.2 Å². The fourth-order valence-corrected chi connectivity index (χ4v) is 20.7. The number of hydrogen-bond donors (Lipinski definition) is 0. The molecule has 22 rings (SSSR count). The Kier molecular flexibility index (Phi) is 8.99. The minimum Gasteiger partial charge on any atom is -0.305 e. The third kappa shape index (κ3) is 5.65. The summed E-state index contributed by atoms with van der Waals surface area (Å²) in [4.78, 5) is 22.8. The second kappa shape index (κ2) is 16.0. The summed E-state index contributed by atoms with van der Waals surface area (Å²) in [5, 5.41) is 10.2. The Labute approximate surface area is 552 Å². The van der Waals surface area contributed by atoms with E-state index in [1.165, 1.54) is 177 Å². The Morgan fingerprint density at radius 3 is 0.905 bits per heavy atom. The fourth-order valence-electron chi connectivity index (χ4n) is 20.7. The summed E-state index contributed by atoms with van der Waals surface area (Å²) in [7, 11) is 0. The highest BCUT2D eigenvalue weighted by atomic mass is 15.0. The van der Waals surface area contributed by atoms with E-state index in [0.717, 1.165) is 44.8 Å². The van der Waals surface area contributed by atoms with Crippen LogP contribution in [0.4, 0.5) is 0 Å². The van der Waals surface area contributed by atoms with Gasteiger partial charge in [-0.2, -0.15) is 0 Å². The van der Waals surface area contributed by atoms with Crippen LogP contribution in [0.15, 0.2) is 170 Å². The largest absolute Gasteiger partial charge is 0.305 e. The average molecular weight is 1220 g/mol. The molecule has 0 N–H and O–H groups in total. The third-order valence-electron chi connectivity index (χ3n) is 25.0. The molecular formula is C89H70N6. The third-order valence-corrected chi connectivity index (χ3v) is 25.0. The van der Waals surface area contributed by atoms with Crippen LogP contribution < -0.4 is 0 Å². The van der Waals surface area contributed by atoms with Gasteiger partial charge in [0.1, 0.15) is 0 Å². The summed E-state index contributed by atoms with van der Waals surface area (Å²) < 4.78 is 5.25. The highest BCUT2D eigenvalue weighted by molar-refractivity contribution is 6.36. The van der Waals surface area contributed by atoms with Gasteiger partial charge in [-0.25, -0.2) is 0 Å². The zero-order valence-corrected chi connectivity index (χ0v) is 56.3. The van der Waals surface area contributed by atoms with E-state index in [1.54, 1.807) is 0 Å². The fraction of sp³-hybridized carbons (Fsp3) is 0.236. The molecule has 8 aromatic heterocycles. The van der Waals surface area contributed by atoms with Crippen LogP contribution in [0.25, 0.3) is 143 Å². The zero-order chi connectivity index (χ0) is 64.4. The molecule has 0 atom stereocenters. The molecule has 16 aromatic rings. The van der Waals surface area contributed by atoms with E-state index in [2.05, 4.69) is 276 Å². The van der Waals surface area contributed by atoms with Crippen molar-refractivity contribution in [1.29, 1.82) is 0 Å². The van der Waals surface area contributed by atoms with Gasteiger partial charge in [-0.15, -0.1) is 0 Å². The zero-order valence-electron chi connectivity index (χ0n) is 56.3. The van der Waals surface area contributed by atoms with Crippen molar-refractivity contribution in [1.82, 2.24) is 28.7 Å². The molecule has 95 heavy (non-hydrogen) atoms. The van der Waals surface area contributed by atoms with Gasteiger partial charge in [-0.1, -0.05) is 230 Å². The monoisotopic (exact) mass is 1220 g/mol. The summed E-state index contributed by atoms with van der Waals surface area (Å²) in [5.41, 5.74) is 37.4. The maximum Gasteiger partial charge on any atom is 0.0739 e. The molecule has 8 heterocycles. The van der Waals surface area contributed by atoms with Gasteiger partial charge in [0.2, 0.25) is 0 Å². The molecule has 8 aromatic carbocycles. The van der Waals surface area contributed by atoms with E-state index in [0.29, 0.717) is 0 Å². The minimum atomic E-state index is -0.895. The van der Waals surface area contributed by atoms with Gasteiger partial charge in [0.05, 0.1) is 86.1 Å². The predicted molar refractivity (Wildman–Crippen MR) is 391 cm³/mol. The van der Waals surface area contributed by atoms with Crippen molar-refractivity contribution in [3.8, 4) is 66.8 Å². The van der Waals surface area contributed by atoms with Crippen LogP contribution >= 0.6 is 0 Å². The lowest BCUT2D eigenvalue weighted by atomic mass is 9.66. The summed E-state index contributed by atoms with van der Waals surface area (Å²) >= 11 is 0. The Balaban J connectivity index is 1.07. The molecule has 0 aliphatic heterocycles. The van der Waals surface area contributed by atoms with Crippen LogP contribution in [0.3, 0.4) is 0 Å². The Hall–Kier alpha value is -10.0. The van der Waals surface area contributed by atoms with Gasteiger partial charge in [0.15, 0.2) is 0 Å². The van der Waals surface area contributed by atoms with Crippen LogP contribution in [-0.2, 0) is 37.9 Å². The van der Waals surface area contributed by atoms with Crippen LogP contribution in [-0.4, -0.2) is 28.7 Å². The highest BCUT2D eigenvalue weighted by Gasteiger charge is 2.57. The van der Waals surface area contributed by atoms with E-state index in [-0.39, 0.29) is 32.5 Å². The molecule has 0 fully saturated rings. The number of rotatable bonds is 0. The van der Waals surface area contributed by atoms with Gasteiger partial charge in [-0.05, 0) is 123 Å². The van der Waals surface area contributed by atoms with E-state index >= 15 is 0 Å². The SMILES string of the molecule is CC(C)(C)c1ccc2c(c1)C1(c3cc(C(C)(C)C)ccc3-2)c2c(cc3c4c5c(ncc4n4c6cnc7c(c6c2c34)-c2ccccc2C7(C)C)C(C)(C)c2ccccc2-5)-c2cc3c4c5c(ncc4n4c6cnc7c(c6c(c21)c34)-c1ccccc1C7(C)C)C(C)(C)c1ccccc1-5.